The van der Waals surface area contributed by atoms with Crippen molar-refractivity contribution in [3.05, 3.63) is 58.6 Å². The van der Waals surface area contributed by atoms with Crippen LogP contribution in [0.1, 0.15) is 31.1 Å². The number of carbonyl (C=O) groups excluding carboxylic acids is 3. The zero-order chi connectivity index (χ0) is 20.0. The number of nitrogens with one attached hydrogen (secondary N) is 3. The lowest BCUT2D eigenvalue weighted by Crippen LogP contribution is -2.47. The van der Waals surface area contributed by atoms with Crippen molar-refractivity contribution in [2.45, 2.75) is 26.8 Å². The van der Waals surface area contributed by atoms with Gasteiger partial charge in [-0.15, -0.1) is 0 Å². The van der Waals surface area contributed by atoms with Gasteiger partial charge in [0.25, 0.3) is 5.91 Å². The maximum absolute atomic E-state index is 12.6. The van der Waals surface area contributed by atoms with Crippen molar-refractivity contribution in [1.29, 1.82) is 0 Å². The van der Waals surface area contributed by atoms with Crippen molar-refractivity contribution in [2.24, 2.45) is 5.92 Å². The number of rotatable bonds is 6. The first kappa shape index (κ1) is 20.6. The van der Waals surface area contributed by atoms with E-state index in [4.69, 9.17) is 0 Å². The summed E-state index contributed by atoms with van der Waals surface area (Å²) in [6.45, 7) is 5.16. The maximum atomic E-state index is 12.6. The van der Waals surface area contributed by atoms with Gasteiger partial charge in [0, 0.05) is 28.3 Å². The highest BCUT2D eigenvalue weighted by Crippen LogP contribution is 2.15. The van der Waals surface area contributed by atoms with Crippen LogP contribution in [0.15, 0.2) is 53.0 Å². The number of hydrogen-bond acceptors (Lipinski definition) is 3. The molecule has 3 amide bonds. The molecule has 0 aromatic heterocycles. The first-order valence-corrected chi connectivity index (χ1v) is 9.30. The molecule has 7 heteroatoms. The van der Waals surface area contributed by atoms with E-state index in [-0.39, 0.29) is 23.6 Å². The van der Waals surface area contributed by atoms with Crippen LogP contribution in [0, 0.1) is 5.92 Å². The van der Waals surface area contributed by atoms with Crippen LogP contribution in [0.2, 0.25) is 0 Å². The van der Waals surface area contributed by atoms with Crippen molar-refractivity contribution < 1.29 is 14.4 Å². The van der Waals surface area contributed by atoms with Crippen LogP contribution in [-0.2, 0) is 9.59 Å². The van der Waals surface area contributed by atoms with Gasteiger partial charge in [-0.3, -0.25) is 14.4 Å². The third-order valence-electron chi connectivity index (χ3n) is 3.81. The van der Waals surface area contributed by atoms with Gasteiger partial charge in [0.1, 0.15) is 6.04 Å². The molecule has 0 aliphatic heterocycles. The molecule has 0 aliphatic carbocycles. The van der Waals surface area contributed by atoms with Crippen molar-refractivity contribution in [3.63, 3.8) is 0 Å². The molecule has 0 aliphatic rings. The van der Waals surface area contributed by atoms with Gasteiger partial charge in [0.15, 0.2) is 0 Å². The van der Waals surface area contributed by atoms with E-state index in [1.807, 2.05) is 13.8 Å². The molecule has 2 aromatic carbocycles. The summed E-state index contributed by atoms with van der Waals surface area (Å²) >= 11 is 3.33. The molecule has 2 aromatic rings. The van der Waals surface area contributed by atoms with Crippen LogP contribution in [-0.4, -0.2) is 23.8 Å². The molecule has 0 bridgehead atoms. The summed E-state index contributed by atoms with van der Waals surface area (Å²) in [6.07, 6.45) is 0. The molecule has 2 rings (SSSR count). The van der Waals surface area contributed by atoms with Crippen LogP contribution >= 0.6 is 15.9 Å². The summed E-state index contributed by atoms with van der Waals surface area (Å²) in [5.74, 6) is -0.870. The fourth-order valence-corrected chi connectivity index (χ4v) is 2.69. The number of hydrogen-bond donors (Lipinski definition) is 3. The van der Waals surface area contributed by atoms with Gasteiger partial charge in [-0.25, -0.2) is 0 Å². The van der Waals surface area contributed by atoms with Crippen LogP contribution in [0.5, 0.6) is 0 Å². The molecule has 27 heavy (non-hydrogen) atoms. The Bertz CT molecular complexity index is 817. The zero-order valence-corrected chi connectivity index (χ0v) is 17.0. The Labute approximate surface area is 166 Å². The molecule has 0 heterocycles. The van der Waals surface area contributed by atoms with E-state index in [0.29, 0.717) is 16.9 Å². The van der Waals surface area contributed by atoms with E-state index >= 15 is 0 Å². The predicted molar refractivity (Wildman–Crippen MR) is 110 cm³/mol. The molecule has 0 radical (unpaired) electrons. The minimum absolute atomic E-state index is 0.0944. The monoisotopic (exact) mass is 431 g/mol. The number of anilines is 2. The molecular formula is C20H22BrN3O3. The zero-order valence-electron chi connectivity index (χ0n) is 15.4. The lowest BCUT2D eigenvalue weighted by molar-refractivity contribution is -0.119. The summed E-state index contributed by atoms with van der Waals surface area (Å²) in [5.41, 5.74) is 1.71. The molecule has 3 N–H and O–H groups in total. The summed E-state index contributed by atoms with van der Waals surface area (Å²) in [5, 5.41) is 8.24. The van der Waals surface area contributed by atoms with Gasteiger partial charge in [-0.2, -0.15) is 0 Å². The second-order valence-electron chi connectivity index (χ2n) is 6.45. The average Bonchev–Trinajstić information content (AvgIpc) is 2.61. The first-order chi connectivity index (χ1) is 12.8. The Morgan fingerprint density at radius 3 is 1.85 bits per heavy atom. The summed E-state index contributed by atoms with van der Waals surface area (Å²) in [6, 6.07) is 13.0. The van der Waals surface area contributed by atoms with Gasteiger partial charge in [0.2, 0.25) is 11.8 Å². The lowest BCUT2D eigenvalue weighted by Gasteiger charge is -2.22. The van der Waals surface area contributed by atoms with Crippen LogP contribution < -0.4 is 16.0 Å². The van der Waals surface area contributed by atoms with Gasteiger partial charge in [-0.1, -0.05) is 29.8 Å². The molecule has 1 atom stereocenters. The highest BCUT2D eigenvalue weighted by atomic mass is 79.9. The largest absolute Gasteiger partial charge is 0.340 e. The molecule has 142 valence electrons. The highest BCUT2D eigenvalue weighted by Gasteiger charge is 2.24. The fraction of sp³-hybridized carbons (Fsp3) is 0.250. The molecule has 0 fully saturated rings. The minimum atomic E-state index is -0.684. The third-order valence-corrected chi connectivity index (χ3v) is 4.34. The van der Waals surface area contributed by atoms with Gasteiger partial charge in [-0.05, 0) is 54.4 Å². The molecule has 0 saturated heterocycles. The summed E-state index contributed by atoms with van der Waals surface area (Å²) in [4.78, 5) is 36.1. The van der Waals surface area contributed by atoms with Crippen LogP contribution in [0.4, 0.5) is 11.4 Å². The van der Waals surface area contributed by atoms with E-state index in [1.165, 1.54) is 6.92 Å². The highest BCUT2D eigenvalue weighted by molar-refractivity contribution is 9.10. The molecular weight excluding hydrogens is 410 g/mol. The van der Waals surface area contributed by atoms with E-state index in [2.05, 4.69) is 31.9 Å². The molecule has 0 unspecified atom stereocenters. The number of halogens is 1. The van der Waals surface area contributed by atoms with Gasteiger partial charge >= 0.3 is 0 Å². The van der Waals surface area contributed by atoms with E-state index in [9.17, 15) is 14.4 Å². The predicted octanol–water partition coefficient (Wildman–Crippen LogP) is 3.80. The standard InChI is InChI=1S/C20H22BrN3O3/c1-12(2)18(24-19(26)14-4-6-15(21)7-5-14)20(27)23-17-10-8-16(9-11-17)22-13(3)25/h4-12,18H,1-3H3,(H,22,25)(H,23,27)(H,24,26)/t18-/m1/s1. The topological polar surface area (TPSA) is 87.3 Å². The maximum Gasteiger partial charge on any atom is 0.251 e. The minimum Gasteiger partial charge on any atom is -0.340 e. The number of amides is 3. The van der Waals surface area contributed by atoms with Gasteiger partial charge < -0.3 is 16.0 Å². The lowest BCUT2D eigenvalue weighted by atomic mass is 10.0. The first-order valence-electron chi connectivity index (χ1n) is 8.51. The van der Waals surface area contributed by atoms with Crippen molar-refractivity contribution >= 4 is 45.0 Å². The summed E-state index contributed by atoms with van der Waals surface area (Å²) < 4.78 is 0.875. The SMILES string of the molecule is CC(=O)Nc1ccc(NC(=O)[C@H](NC(=O)c2ccc(Br)cc2)C(C)C)cc1. The molecule has 0 spiro atoms. The Morgan fingerprint density at radius 1 is 0.852 bits per heavy atom. The molecule has 0 saturated carbocycles. The Hall–Kier alpha value is -2.67. The smallest absolute Gasteiger partial charge is 0.251 e. The number of carbonyl (C=O) groups is 3. The van der Waals surface area contributed by atoms with Crippen molar-refractivity contribution in [1.82, 2.24) is 5.32 Å². The average molecular weight is 432 g/mol. The Kier molecular flexibility index (Phi) is 7.12. The fourth-order valence-electron chi connectivity index (χ4n) is 2.42. The van der Waals surface area contributed by atoms with Crippen molar-refractivity contribution in [3.8, 4) is 0 Å². The van der Waals surface area contributed by atoms with E-state index < -0.39 is 6.04 Å². The quantitative estimate of drug-likeness (QED) is 0.649. The van der Waals surface area contributed by atoms with E-state index in [0.717, 1.165) is 4.47 Å². The van der Waals surface area contributed by atoms with Gasteiger partial charge in [0.05, 0.1) is 0 Å². The summed E-state index contributed by atoms with van der Waals surface area (Å²) in [7, 11) is 0. The normalized spacial score (nSPS) is 11.6. The second kappa shape index (κ2) is 9.32. The van der Waals surface area contributed by atoms with Crippen LogP contribution in [0.3, 0.4) is 0 Å². The second-order valence-corrected chi connectivity index (χ2v) is 7.37. The Balaban J connectivity index is 2.04. The number of benzene rings is 2. The molecule has 6 nitrogen and oxygen atoms in total. The Morgan fingerprint density at radius 2 is 1.37 bits per heavy atom. The third kappa shape index (κ3) is 6.21. The van der Waals surface area contributed by atoms with Crippen molar-refractivity contribution in [2.75, 3.05) is 10.6 Å². The van der Waals surface area contributed by atoms with E-state index in [1.54, 1.807) is 48.5 Å². The van der Waals surface area contributed by atoms with Crippen LogP contribution in [0.25, 0.3) is 0 Å².